The molecule has 2 aromatic carbocycles. The largest absolute Gasteiger partial charge is 0.269 e. The van der Waals surface area contributed by atoms with Crippen LogP contribution in [0.4, 0.5) is 0 Å². The Labute approximate surface area is 189 Å². The van der Waals surface area contributed by atoms with E-state index in [4.69, 9.17) is 5.14 Å². The lowest BCUT2D eigenvalue weighted by Crippen LogP contribution is -2.33. The van der Waals surface area contributed by atoms with Crippen LogP contribution in [0.1, 0.15) is 11.7 Å². The fourth-order valence-corrected chi connectivity index (χ4v) is 6.00. The Kier molecular flexibility index (Phi) is 5.25. The van der Waals surface area contributed by atoms with Crippen LogP contribution in [0.15, 0.2) is 82.8 Å². The third-order valence-corrected chi connectivity index (χ3v) is 7.91. The number of rotatable bonds is 5. The first-order valence-electron chi connectivity index (χ1n) is 9.72. The zero-order valence-electron chi connectivity index (χ0n) is 16.9. The SMILES string of the molecule is NS(=O)(=O)c1cccc(-c2cn(S(=O)(=O)c3ccccc3)c3ncccc23)c1C1NNNN1. The summed E-state index contributed by atoms with van der Waals surface area (Å²) in [4.78, 5) is 4.30. The highest BCUT2D eigenvalue weighted by Crippen LogP contribution is 2.38. The van der Waals surface area contributed by atoms with Crippen LogP contribution in [0.5, 0.6) is 0 Å². The van der Waals surface area contributed by atoms with Crippen LogP contribution in [-0.2, 0) is 20.0 Å². The molecule has 0 amide bonds. The first-order chi connectivity index (χ1) is 15.8. The lowest BCUT2D eigenvalue weighted by atomic mass is 9.98. The lowest BCUT2D eigenvalue weighted by molar-refractivity contribution is 0.540. The number of hydrogen-bond donors (Lipinski definition) is 5. The molecule has 1 fully saturated rings. The highest BCUT2D eigenvalue weighted by Gasteiger charge is 2.29. The molecule has 0 aliphatic carbocycles. The van der Waals surface area contributed by atoms with Gasteiger partial charge in [0, 0.05) is 28.9 Å². The average molecular weight is 486 g/mol. The number of benzene rings is 2. The number of aromatic nitrogens is 2. The van der Waals surface area contributed by atoms with Crippen molar-refractivity contribution in [2.45, 2.75) is 16.0 Å². The molecule has 0 unspecified atom stereocenters. The zero-order chi connectivity index (χ0) is 23.2. The van der Waals surface area contributed by atoms with E-state index in [1.807, 2.05) is 0 Å². The first kappa shape index (κ1) is 21.7. The minimum absolute atomic E-state index is 0.102. The van der Waals surface area contributed by atoms with E-state index in [1.54, 1.807) is 42.5 Å². The molecule has 13 heteroatoms. The Balaban J connectivity index is 1.82. The number of pyridine rings is 1. The van der Waals surface area contributed by atoms with Crippen LogP contribution in [0, 0.1) is 0 Å². The van der Waals surface area contributed by atoms with E-state index in [0.717, 1.165) is 3.97 Å². The van der Waals surface area contributed by atoms with Crippen LogP contribution < -0.4 is 27.1 Å². The topological polar surface area (TPSA) is 160 Å². The summed E-state index contributed by atoms with van der Waals surface area (Å²) < 4.78 is 52.7. The van der Waals surface area contributed by atoms with E-state index in [0.29, 0.717) is 22.1 Å². The van der Waals surface area contributed by atoms with Gasteiger partial charge in [0.1, 0.15) is 6.17 Å². The fraction of sp³-hybridized carbons (Fsp3) is 0.0500. The molecule has 1 aliphatic heterocycles. The summed E-state index contributed by atoms with van der Waals surface area (Å²) >= 11 is 0. The summed E-state index contributed by atoms with van der Waals surface area (Å²) in [5.74, 6) is 0. The monoisotopic (exact) mass is 485 g/mol. The normalized spacial score (nSPS) is 15.3. The van der Waals surface area contributed by atoms with E-state index in [-0.39, 0.29) is 15.4 Å². The van der Waals surface area contributed by atoms with Gasteiger partial charge in [0.05, 0.1) is 9.79 Å². The van der Waals surface area contributed by atoms with Crippen LogP contribution in [-0.4, -0.2) is 25.8 Å². The summed E-state index contributed by atoms with van der Waals surface area (Å²) in [6.45, 7) is 0. The second kappa shape index (κ2) is 8.00. The summed E-state index contributed by atoms with van der Waals surface area (Å²) in [7, 11) is -8.06. The van der Waals surface area contributed by atoms with Gasteiger partial charge in [0.25, 0.3) is 10.0 Å². The molecule has 170 valence electrons. The molecule has 6 N–H and O–H groups in total. The highest BCUT2D eigenvalue weighted by molar-refractivity contribution is 7.90. The van der Waals surface area contributed by atoms with Gasteiger partial charge in [-0.25, -0.2) is 41.8 Å². The Morgan fingerprint density at radius 3 is 2.27 bits per heavy atom. The van der Waals surface area contributed by atoms with E-state index in [9.17, 15) is 16.8 Å². The molecule has 0 atom stereocenters. The average Bonchev–Trinajstić information content (AvgIpc) is 3.47. The molecule has 33 heavy (non-hydrogen) atoms. The van der Waals surface area contributed by atoms with Gasteiger partial charge in [-0.05, 0) is 35.9 Å². The number of hydrazine groups is 3. The summed E-state index contributed by atoms with van der Waals surface area (Å²) in [6.07, 6.45) is 2.26. The zero-order valence-corrected chi connectivity index (χ0v) is 18.6. The molecule has 1 saturated heterocycles. The van der Waals surface area contributed by atoms with Crippen molar-refractivity contribution in [2.24, 2.45) is 5.14 Å². The van der Waals surface area contributed by atoms with Crippen LogP contribution in [0.25, 0.3) is 22.2 Å². The van der Waals surface area contributed by atoms with Crippen molar-refractivity contribution < 1.29 is 16.8 Å². The Hall–Kier alpha value is -3.17. The minimum Gasteiger partial charge on any atom is -0.237 e. The Morgan fingerprint density at radius 1 is 0.848 bits per heavy atom. The van der Waals surface area contributed by atoms with Crippen molar-refractivity contribution >= 4 is 31.1 Å². The quantitative estimate of drug-likeness (QED) is 0.274. The number of hydrogen-bond acceptors (Lipinski definition) is 9. The van der Waals surface area contributed by atoms with E-state index >= 15 is 0 Å². The van der Waals surface area contributed by atoms with Gasteiger partial charge < -0.3 is 0 Å². The highest BCUT2D eigenvalue weighted by atomic mass is 32.2. The number of nitrogens with zero attached hydrogens (tertiary/aromatic N) is 2. The third kappa shape index (κ3) is 3.71. The molecular formula is C20H19N7O4S2. The number of fused-ring (bicyclic) bond motifs is 1. The molecule has 1 aliphatic rings. The van der Waals surface area contributed by atoms with Crippen LogP contribution >= 0.6 is 0 Å². The fourth-order valence-electron chi connectivity index (χ4n) is 3.86. The van der Waals surface area contributed by atoms with Gasteiger partial charge in [-0.15, -0.1) is 0 Å². The van der Waals surface area contributed by atoms with Crippen molar-refractivity contribution in [1.82, 2.24) is 30.9 Å². The molecule has 3 heterocycles. The van der Waals surface area contributed by atoms with Crippen molar-refractivity contribution in [1.29, 1.82) is 0 Å². The maximum absolute atomic E-state index is 13.4. The van der Waals surface area contributed by atoms with Crippen LogP contribution in [0.2, 0.25) is 0 Å². The smallest absolute Gasteiger partial charge is 0.237 e. The van der Waals surface area contributed by atoms with E-state index < -0.39 is 26.2 Å². The van der Waals surface area contributed by atoms with Gasteiger partial charge in [-0.3, -0.25) is 0 Å². The molecule has 0 saturated carbocycles. The maximum Gasteiger partial charge on any atom is 0.269 e. The second-order valence-corrected chi connectivity index (χ2v) is 10.6. The summed E-state index contributed by atoms with van der Waals surface area (Å²) in [6, 6.07) is 16.1. The maximum atomic E-state index is 13.4. The third-order valence-electron chi connectivity index (χ3n) is 5.28. The molecular weight excluding hydrogens is 466 g/mol. The summed E-state index contributed by atoms with van der Waals surface area (Å²) in [5.41, 5.74) is 12.5. The number of nitrogens with two attached hydrogens (primary N) is 1. The van der Waals surface area contributed by atoms with Crippen molar-refractivity contribution in [3.05, 3.63) is 78.6 Å². The van der Waals surface area contributed by atoms with E-state index in [2.05, 4.69) is 26.9 Å². The van der Waals surface area contributed by atoms with Gasteiger partial charge in [0.15, 0.2) is 5.65 Å². The number of sulfonamides is 1. The van der Waals surface area contributed by atoms with Crippen molar-refractivity contribution in [2.75, 3.05) is 0 Å². The van der Waals surface area contributed by atoms with Gasteiger partial charge in [-0.1, -0.05) is 30.3 Å². The molecule has 11 nitrogen and oxygen atoms in total. The molecule has 5 rings (SSSR count). The van der Waals surface area contributed by atoms with Gasteiger partial charge >= 0.3 is 0 Å². The van der Waals surface area contributed by atoms with Gasteiger partial charge in [-0.2, -0.15) is 11.1 Å². The summed E-state index contributed by atoms with van der Waals surface area (Å²) in [5, 5.41) is 6.03. The van der Waals surface area contributed by atoms with Crippen molar-refractivity contribution in [3.8, 4) is 11.1 Å². The standard InChI is InChI=1S/C20H19N7O4S2/c21-32(28,29)17-10-4-8-14(18(17)19-23-25-26-24-19)16-12-27(20-15(16)9-5-11-22-20)33(30,31)13-6-2-1-3-7-13/h1-12,19,23-26H,(H2,21,28,29). The lowest BCUT2D eigenvalue weighted by Gasteiger charge is -2.18. The molecule has 0 radical (unpaired) electrons. The predicted octanol–water partition coefficient (Wildman–Crippen LogP) is 0.703. The number of nitrogens with one attached hydrogen (secondary N) is 4. The first-order valence-corrected chi connectivity index (χ1v) is 12.7. The van der Waals surface area contributed by atoms with Crippen LogP contribution in [0.3, 0.4) is 0 Å². The van der Waals surface area contributed by atoms with Gasteiger partial charge in [0.2, 0.25) is 10.0 Å². The van der Waals surface area contributed by atoms with E-state index in [1.165, 1.54) is 30.6 Å². The molecule has 0 bridgehead atoms. The minimum atomic E-state index is -4.10. The van der Waals surface area contributed by atoms with Crippen molar-refractivity contribution in [3.63, 3.8) is 0 Å². The second-order valence-electron chi connectivity index (χ2n) is 7.27. The number of primary sulfonamides is 1. The molecule has 4 aromatic rings. The predicted molar refractivity (Wildman–Crippen MR) is 121 cm³/mol. The molecule has 2 aromatic heterocycles. The molecule has 0 spiro atoms. The Morgan fingerprint density at radius 2 is 1.58 bits per heavy atom. The Bertz CT molecular complexity index is 1560.